The summed E-state index contributed by atoms with van der Waals surface area (Å²) in [6, 6.07) is 0. The molecule has 0 bridgehead atoms. The number of nitrogens with one attached hydrogen (secondary N) is 1. The molecule has 5 nitrogen and oxygen atoms in total. The summed E-state index contributed by atoms with van der Waals surface area (Å²) in [4.78, 5) is 9.55. The molecule has 2 saturated heterocycles. The van der Waals surface area contributed by atoms with Crippen molar-refractivity contribution in [3.8, 4) is 0 Å². The van der Waals surface area contributed by atoms with E-state index >= 15 is 0 Å². The van der Waals surface area contributed by atoms with E-state index in [9.17, 15) is 0 Å². The fourth-order valence-electron chi connectivity index (χ4n) is 4.29. The summed E-state index contributed by atoms with van der Waals surface area (Å²) < 4.78 is 5.31. The number of aliphatic imine (C=N–C) groups is 1. The highest BCUT2D eigenvalue weighted by molar-refractivity contribution is 14.0. The van der Waals surface area contributed by atoms with Crippen molar-refractivity contribution in [3.63, 3.8) is 0 Å². The van der Waals surface area contributed by atoms with Gasteiger partial charge in [0.2, 0.25) is 0 Å². The molecule has 2 aliphatic rings. The highest BCUT2D eigenvalue weighted by Gasteiger charge is 2.33. The first kappa shape index (κ1) is 23.0. The van der Waals surface area contributed by atoms with Gasteiger partial charge in [0.15, 0.2) is 5.96 Å². The topological polar surface area (TPSA) is 40.1 Å². The second kappa shape index (κ2) is 10.3. The normalized spacial score (nSPS) is 28.8. The van der Waals surface area contributed by atoms with Crippen LogP contribution in [0.1, 0.15) is 40.5 Å². The van der Waals surface area contributed by atoms with Crippen molar-refractivity contribution in [3.05, 3.63) is 0 Å². The van der Waals surface area contributed by atoms with Gasteiger partial charge in [-0.05, 0) is 38.5 Å². The minimum atomic E-state index is 0. The Morgan fingerprint density at radius 1 is 1.20 bits per heavy atom. The summed E-state index contributed by atoms with van der Waals surface area (Å²) in [5.41, 5.74) is 0.143. The van der Waals surface area contributed by atoms with Crippen LogP contribution in [0.2, 0.25) is 0 Å². The number of hydrogen-bond donors (Lipinski definition) is 1. The lowest BCUT2D eigenvalue weighted by Crippen LogP contribution is -2.57. The Kier molecular flexibility index (Phi) is 9.46. The van der Waals surface area contributed by atoms with Crippen LogP contribution in [0.15, 0.2) is 4.99 Å². The Morgan fingerprint density at radius 3 is 2.40 bits per heavy atom. The van der Waals surface area contributed by atoms with E-state index in [-0.39, 0.29) is 29.5 Å². The summed E-state index contributed by atoms with van der Waals surface area (Å²) in [6.45, 7) is 15.8. The predicted molar refractivity (Wildman–Crippen MR) is 117 cm³/mol. The molecule has 0 aromatic rings. The summed E-state index contributed by atoms with van der Waals surface area (Å²) in [5.74, 6) is 3.26. The molecule has 0 aliphatic carbocycles. The molecule has 25 heavy (non-hydrogen) atoms. The maximum Gasteiger partial charge on any atom is 0.193 e. The zero-order valence-corrected chi connectivity index (χ0v) is 19.4. The average molecular weight is 466 g/mol. The van der Waals surface area contributed by atoms with Crippen molar-refractivity contribution in [2.45, 2.75) is 46.1 Å². The fraction of sp³-hybridized carbons (Fsp3) is 0.947. The lowest BCUT2D eigenvalue weighted by Gasteiger charge is -2.45. The van der Waals surface area contributed by atoms with Crippen molar-refractivity contribution in [2.24, 2.45) is 22.7 Å². The molecule has 0 aromatic heterocycles. The second-order valence-corrected chi connectivity index (χ2v) is 8.62. The molecule has 3 unspecified atom stereocenters. The van der Waals surface area contributed by atoms with Crippen LogP contribution in [0.3, 0.4) is 0 Å². The van der Waals surface area contributed by atoms with Crippen molar-refractivity contribution in [2.75, 3.05) is 53.5 Å². The highest BCUT2D eigenvalue weighted by atomic mass is 127. The minimum Gasteiger partial charge on any atom is -0.384 e. The third-order valence-electron chi connectivity index (χ3n) is 5.60. The predicted octanol–water partition coefficient (Wildman–Crippen LogP) is 2.90. The van der Waals surface area contributed by atoms with Gasteiger partial charge in [0.05, 0.1) is 6.61 Å². The van der Waals surface area contributed by atoms with Gasteiger partial charge in [0.1, 0.15) is 0 Å². The monoisotopic (exact) mass is 466 g/mol. The zero-order chi connectivity index (χ0) is 17.7. The zero-order valence-electron chi connectivity index (χ0n) is 17.0. The van der Waals surface area contributed by atoms with E-state index in [0.717, 1.165) is 44.0 Å². The lowest BCUT2D eigenvalue weighted by atomic mass is 9.88. The number of piperidine rings is 1. The van der Waals surface area contributed by atoms with Gasteiger partial charge < -0.3 is 15.0 Å². The number of likely N-dealkylation sites (tertiary alicyclic amines) is 2. The molecule has 2 aliphatic heterocycles. The molecular formula is C19H39IN4O. The SMILES string of the molecule is CN=C(NCC(C)(C)N1CC(C)CC(C)C1)N1CCC(COC)C1.I. The van der Waals surface area contributed by atoms with E-state index in [1.807, 2.05) is 7.05 Å². The van der Waals surface area contributed by atoms with Crippen LogP contribution in [0, 0.1) is 17.8 Å². The summed E-state index contributed by atoms with van der Waals surface area (Å²) in [7, 11) is 3.68. The van der Waals surface area contributed by atoms with Gasteiger partial charge in [0, 0.05) is 58.3 Å². The van der Waals surface area contributed by atoms with Crippen LogP contribution in [-0.4, -0.2) is 74.8 Å². The average Bonchev–Trinajstić information content (AvgIpc) is 2.96. The van der Waals surface area contributed by atoms with Crippen molar-refractivity contribution in [1.29, 1.82) is 0 Å². The van der Waals surface area contributed by atoms with E-state index in [4.69, 9.17) is 4.74 Å². The van der Waals surface area contributed by atoms with Crippen LogP contribution >= 0.6 is 24.0 Å². The van der Waals surface area contributed by atoms with Gasteiger partial charge in [-0.15, -0.1) is 24.0 Å². The van der Waals surface area contributed by atoms with Crippen molar-refractivity contribution in [1.82, 2.24) is 15.1 Å². The first-order valence-electron chi connectivity index (χ1n) is 9.55. The van der Waals surface area contributed by atoms with Gasteiger partial charge in [-0.3, -0.25) is 9.89 Å². The van der Waals surface area contributed by atoms with Crippen LogP contribution in [0.5, 0.6) is 0 Å². The van der Waals surface area contributed by atoms with Gasteiger partial charge in [0.25, 0.3) is 0 Å². The number of halogens is 1. The third kappa shape index (κ3) is 6.54. The van der Waals surface area contributed by atoms with E-state index < -0.39 is 0 Å². The maximum absolute atomic E-state index is 5.31. The second-order valence-electron chi connectivity index (χ2n) is 8.62. The molecule has 1 N–H and O–H groups in total. The van der Waals surface area contributed by atoms with Crippen LogP contribution in [0.25, 0.3) is 0 Å². The molecular weight excluding hydrogens is 427 g/mol. The molecule has 0 aromatic carbocycles. The highest BCUT2D eigenvalue weighted by Crippen LogP contribution is 2.27. The van der Waals surface area contributed by atoms with Gasteiger partial charge in [-0.2, -0.15) is 0 Å². The number of guanidine groups is 1. The van der Waals surface area contributed by atoms with Crippen LogP contribution in [0.4, 0.5) is 0 Å². The van der Waals surface area contributed by atoms with Crippen LogP contribution < -0.4 is 5.32 Å². The molecule has 2 heterocycles. The summed E-state index contributed by atoms with van der Waals surface area (Å²) >= 11 is 0. The standard InChI is InChI=1S/C19H38N4O.HI/c1-15-9-16(2)11-23(10-15)19(3,4)14-21-18(20-5)22-8-7-17(12-22)13-24-6;/h15-17H,7-14H2,1-6H3,(H,20,21);1H. The molecule has 0 amide bonds. The molecule has 3 atom stereocenters. The van der Waals surface area contributed by atoms with Gasteiger partial charge in [-0.1, -0.05) is 13.8 Å². The van der Waals surface area contributed by atoms with Gasteiger partial charge >= 0.3 is 0 Å². The Hall–Kier alpha value is -0.0800. The molecule has 2 rings (SSSR count). The van der Waals surface area contributed by atoms with E-state index in [1.54, 1.807) is 7.11 Å². The molecule has 2 fully saturated rings. The summed E-state index contributed by atoms with van der Waals surface area (Å²) in [6.07, 6.45) is 2.55. The summed E-state index contributed by atoms with van der Waals surface area (Å²) in [5, 5.41) is 3.63. The van der Waals surface area contributed by atoms with Crippen LogP contribution in [-0.2, 0) is 4.74 Å². The molecule has 6 heteroatoms. The van der Waals surface area contributed by atoms with E-state index in [0.29, 0.717) is 5.92 Å². The molecule has 0 radical (unpaired) electrons. The molecule has 148 valence electrons. The van der Waals surface area contributed by atoms with Crippen molar-refractivity contribution >= 4 is 29.9 Å². The Balaban J connectivity index is 0.00000312. The smallest absolute Gasteiger partial charge is 0.193 e. The van der Waals surface area contributed by atoms with E-state index in [1.165, 1.54) is 25.9 Å². The molecule has 0 spiro atoms. The number of ether oxygens (including phenoxy) is 1. The minimum absolute atomic E-state index is 0. The Bertz CT molecular complexity index is 420. The number of hydrogen-bond acceptors (Lipinski definition) is 3. The third-order valence-corrected chi connectivity index (χ3v) is 5.60. The lowest BCUT2D eigenvalue weighted by molar-refractivity contribution is 0.0480. The Morgan fingerprint density at radius 2 is 1.84 bits per heavy atom. The molecule has 0 saturated carbocycles. The largest absolute Gasteiger partial charge is 0.384 e. The van der Waals surface area contributed by atoms with Crippen molar-refractivity contribution < 1.29 is 4.74 Å². The van der Waals surface area contributed by atoms with E-state index in [2.05, 4.69) is 47.8 Å². The first-order chi connectivity index (χ1) is 11.4. The number of methoxy groups -OCH3 is 1. The first-order valence-corrected chi connectivity index (χ1v) is 9.55. The Labute approximate surface area is 172 Å². The fourth-order valence-corrected chi connectivity index (χ4v) is 4.29. The number of rotatable bonds is 5. The van der Waals surface area contributed by atoms with Gasteiger partial charge in [-0.25, -0.2) is 0 Å². The number of nitrogens with zero attached hydrogens (tertiary/aromatic N) is 3. The maximum atomic E-state index is 5.31. The quantitative estimate of drug-likeness (QED) is 0.384.